The fourth-order valence-corrected chi connectivity index (χ4v) is 2.53. The monoisotopic (exact) mass is 225 g/mol. The number of hydrogen-bond acceptors (Lipinski definition) is 2. The van der Waals surface area contributed by atoms with E-state index in [1.54, 1.807) is 0 Å². The van der Waals surface area contributed by atoms with E-state index in [2.05, 4.69) is 6.07 Å². The molecule has 1 saturated carbocycles. The van der Waals surface area contributed by atoms with Crippen molar-refractivity contribution in [2.45, 2.75) is 30.8 Å². The lowest BCUT2D eigenvalue weighted by atomic mass is 9.95. The molecule has 82 valence electrons. The van der Waals surface area contributed by atoms with Crippen LogP contribution in [-0.2, 0) is 0 Å². The van der Waals surface area contributed by atoms with E-state index >= 15 is 0 Å². The lowest BCUT2D eigenvalue weighted by molar-refractivity contribution is 0.0554. The largest absolute Gasteiger partial charge is 0.389 e. The maximum absolute atomic E-state index is 10.0. The molecule has 0 bridgehead atoms. The summed E-state index contributed by atoms with van der Waals surface area (Å²) in [7, 11) is 0. The zero-order chi connectivity index (χ0) is 10.9. The molecule has 15 heavy (non-hydrogen) atoms. The molecule has 0 aliphatic heterocycles. The van der Waals surface area contributed by atoms with Crippen LogP contribution in [0.1, 0.15) is 30.7 Å². The molecule has 0 saturated heterocycles. The summed E-state index contributed by atoms with van der Waals surface area (Å²) in [6.07, 6.45) is 2.54. The molecule has 1 aliphatic rings. The second-order valence-electron chi connectivity index (χ2n) is 4.42. The van der Waals surface area contributed by atoms with E-state index in [0.29, 0.717) is 12.5 Å². The highest BCUT2D eigenvalue weighted by Gasteiger charge is 2.36. The Bertz CT molecular complexity index is 355. The SMILES string of the molecule is NCC1(O)CCC(c2cccc(Cl)c2)C1. The standard InChI is InChI=1S/C12H16ClNO/c13-11-3-1-2-9(6-11)10-4-5-12(15,7-10)8-14/h1-3,6,10,15H,4-5,7-8,14H2. The Morgan fingerprint density at radius 2 is 2.33 bits per heavy atom. The van der Waals surface area contributed by atoms with Crippen LogP contribution in [0.2, 0.25) is 5.02 Å². The van der Waals surface area contributed by atoms with Gasteiger partial charge in [-0.15, -0.1) is 0 Å². The van der Waals surface area contributed by atoms with E-state index in [0.717, 1.165) is 24.3 Å². The maximum Gasteiger partial charge on any atom is 0.0775 e. The smallest absolute Gasteiger partial charge is 0.0775 e. The summed E-state index contributed by atoms with van der Waals surface area (Å²) in [5.41, 5.74) is 6.12. The zero-order valence-electron chi connectivity index (χ0n) is 8.62. The summed E-state index contributed by atoms with van der Waals surface area (Å²) < 4.78 is 0. The molecular weight excluding hydrogens is 210 g/mol. The van der Waals surface area contributed by atoms with Gasteiger partial charge in [0.15, 0.2) is 0 Å². The average molecular weight is 226 g/mol. The second-order valence-corrected chi connectivity index (χ2v) is 4.86. The Labute approximate surface area is 95.1 Å². The molecule has 3 N–H and O–H groups in total. The van der Waals surface area contributed by atoms with Gasteiger partial charge in [0.1, 0.15) is 0 Å². The molecule has 0 spiro atoms. The average Bonchev–Trinajstić information content (AvgIpc) is 2.62. The minimum Gasteiger partial charge on any atom is -0.389 e. The van der Waals surface area contributed by atoms with Crippen molar-refractivity contribution in [3.8, 4) is 0 Å². The van der Waals surface area contributed by atoms with Gasteiger partial charge in [-0.1, -0.05) is 23.7 Å². The number of hydrogen-bond donors (Lipinski definition) is 2. The van der Waals surface area contributed by atoms with Crippen LogP contribution in [0.15, 0.2) is 24.3 Å². The van der Waals surface area contributed by atoms with Crippen LogP contribution in [0.25, 0.3) is 0 Å². The minimum atomic E-state index is -0.660. The Kier molecular flexibility index (Phi) is 3.01. The lowest BCUT2D eigenvalue weighted by Crippen LogP contribution is -2.34. The molecule has 0 radical (unpaired) electrons. The van der Waals surface area contributed by atoms with Crippen LogP contribution in [-0.4, -0.2) is 17.3 Å². The fourth-order valence-electron chi connectivity index (χ4n) is 2.34. The van der Waals surface area contributed by atoms with Gasteiger partial charge in [0.25, 0.3) is 0 Å². The van der Waals surface area contributed by atoms with Crippen molar-refractivity contribution in [2.75, 3.05) is 6.54 Å². The van der Waals surface area contributed by atoms with Gasteiger partial charge in [-0.25, -0.2) is 0 Å². The molecular formula is C12H16ClNO. The van der Waals surface area contributed by atoms with Gasteiger partial charge in [0.05, 0.1) is 5.60 Å². The van der Waals surface area contributed by atoms with Crippen LogP contribution in [0.3, 0.4) is 0 Å². The normalized spacial score (nSPS) is 30.7. The molecule has 2 unspecified atom stereocenters. The van der Waals surface area contributed by atoms with E-state index in [1.165, 1.54) is 5.56 Å². The number of halogens is 1. The molecule has 3 heteroatoms. The van der Waals surface area contributed by atoms with Gasteiger partial charge < -0.3 is 10.8 Å². The number of benzene rings is 1. The van der Waals surface area contributed by atoms with Gasteiger partial charge in [0.2, 0.25) is 0 Å². The fraction of sp³-hybridized carbons (Fsp3) is 0.500. The Morgan fingerprint density at radius 1 is 1.53 bits per heavy atom. The van der Waals surface area contributed by atoms with E-state index in [-0.39, 0.29) is 0 Å². The van der Waals surface area contributed by atoms with E-state index in [1.807, 2.05) is 18.2 Å². The molecule has 0 heterocycles. The van der Waals surface area contributed by atoms with E-state index < -0.39 is 5.60 Å². The third-order valence-electron chi connectivity index (χ3n) is 3.28. The predicted molar refractivity (Wildman–Crippen MR) is 62.0 cm³/mol. The molecule has 1 aromatic carbocycles. The lowest BCUT2D eigenvalue weighted by Gasteiger charge is -2.20. The van der Waals surface area contributed by atoms with Gasteiger partial charge in [-0.05, 0) is 42.9 Å². The molecule has 2 nitrogen and oxygen atoms in total. The summed E-state index contributed by atoms with van der Waals surface area (Å²) in [4.78, 5) is 0. The van der Waals surface area contributed by atoms with Gasteiger partial charge >= 0.3 is 0 Å². The molecule has 0 amide bonds. The highest BCUT2D eigenvalue weighted by molar-refractivity contribution is 6.30. The van der Waals surface area contributed by atoms with Crippen molar-refractivity contribution in [3.63, 3.8) is 0 Å². The summed E-state index contributed by atoms with van der Waals surface area (Å²) in [6.45, 7) is 0.351. The molecule has 2 atom stereocenters. The molecule has 2 rings (SSSR count). The molecule has 1 aliphatic carbocycles. The van der Waals surface area contributed by atoms with Crippen LogP contribution in [0.5, 0.6) is 0 Å². The highest BCUT2D eigenvalue weighted by Crippen LogP contribution is 2.40. The first-order chi connectivity index (χ1) is 7.13. The van der Waals surface area contributed by atoms with E-state index in [9.17, 15) is 5.11 Å². The van der Waals surface area contributed by atoms with Crippen molar-refractivity contribution in [2.24, 2.45) is 5.73 Å². The minimum absolute atomic E-state index is 0.351. The topological polar surface area (TPSA) is 46.2 Å². The van der Waals surface area contributed by atoms with Crippen LogP contribution in [0, 0.1) is 0 Å². The highest BCUT2D eigenvalue weighted by atomic mass is 35.5. The zero-order valence-corrected chi connectivity index (χ0v) is 9.37. The first-order valence-corrected chi connectivity index (χ1v) is 5.69. The summed E-state index contributed by atoms with van der Waals surface area (Å²) >= 11 is 5.94. The second kappa shape index (κ2) is 4.12. The van der Waals surface area contributed by atoms with Crippen LogP contribution < -0.4 is 5.73 Å². The van der Waals surface area contributed by atoms with Crippen LogP contribution in [0.4, 0.5) is 0 Å². The van der Waals surface area contributed by atoms with Crippen molar-refractivity contribution < 1.29 is 5.11 Å². The van der Waals surface area contributed by atoms with Crippen molar-refractivity contribution in [1.29, 1.82) is 0 Å². The van der Waals surface area contributed by atoms with Crippen molar-refractivity contribution >= 4 is 11.6 Å². The van der Waals surface area contributed by atoms with Crippen molar-refractivity contribution in [3.05, 3.63) is 34.9 Å². The first kappa shape index (κ1) is 10.9. The van der Waals surface area contributed by atoms with E-state index in [4.69, 9.17) is 17.3 Å². The third-order valence-corrected chi connectivity index (χ3v) is 3.52. The molecule has 0 aromatic heterocycles. The first-order valence-electron chi connectivity index (χ1n) is 5.31. The Morgan fingerprint density at radius 3 is 2.93 bits per heavy atom. The number of aliphatic hydroxyl groups is 1. The van der Waals surface area contributed by atoms with Gasteiger partial charge in [-0.2, -0.15) is 0 Å². The number of nitrogens with two attached hydrogens (primary N) is 1. The third kappa shape index (κ3) is 2.33. The summed E-state index contributed by atoms with van der Waals surface area (Å²) in [5.74, 6) is 0.400. The quantitative estimate of drug-likeness (QED) is 0.812. The Hall–Kier alpha value is -0.570. The number of rotatable bonds is 2. The van der Waals surface area contributed by atoms with Gasteiger partial charge in [0, 0.05) is 11.6 Å². The summed E-state index contributed by atoms with van der Waals surface area (Å²) in [6, 6.07) is 7.87. The van der Waals surface area contributed by atoms with Gasteiger partial charge in [-0.3, -0.25) is 0 Å². The summed E-state index contributed by atoms with van der Waals surface area (Å²) in [5, 5.41) is 10.8. The predicted octanol–water partition coefficient (Wildman–Crippen LogP) is 2.30. The Balaban J connectivity index is 2.14. The molecule has 1 aromatic rings. The van der Waals surface area contributed by atoms with Crippen LogP contribution >= 0.6 is 11.6 Å². The van der Waals surface area contributed by atoms with Crippen molar-refractivity contribution in [1.82, 2.24) is 0 Å². The maximum atomic E-state index is 10.0. The molecule has 1 fully saturated rings.